The number of fused-ring (bicyclic) bond motifs is 8. The van der Waals surface area contributed by atoms with E-state index in [9.17, 15) is 0 Å². The average Bonchev–Trinajstić information content (AvgIpc) is 3.56. The van der Waals surface area contributed by atoms with Gasteiger partial charge in [0.15, 0.2) is 0 Å². The molecule has 0 spiro atoms. The molecule has 0 aromatic heterocycles. The summed E-state index contributed by atoms with van der Waals surface area (Å²) in [6.45, 7) is 0. The van der Waals surface area contributed by atoms with Crippen LogP contribution < -0.4 is 0 Å². The van der Waals surface area contributed by atoms with E-state index in [0.29, 0.717) is 11.8 Å². The molecule has 10 rings (SSSR count). The fourth-order valence-electron chi connectivity index (χ4n) is 9.84. The average molecular weight is 541 g/mol. The zero-order chi connectivity index (χ0) is 27.4. The molecule has 0 bridgehead atoms. The highest BCUT2D eigenvalue weighted by Gasteiger charge is 2.31. The van der Waals surface area contributed by atoms with Crippen molar-refractivity contribution in [3.05, 3.63) is 96.1 Å². The van der Waals surface area contributed by atoms with Crippen LogP contribution in [0.1, 0.15) is 87.2 Å². The van der Waals surface area contributed by atoms with Gasteiger partial charge in [0, 0.05) is 0 Å². The Hall–Kier alpha value is -3.90. The Bertz CT molecular complexity index is 2300. The van der Waals surface area contributed by atoms with Gasteiger partial charge in [0.05, 0.1) is 0 Å². The lowest BCUT2D eigenvalue weighted by atomic mass is 9.74. The summed E-state index contributed by atoms with van der Waals surface area (Å²) in [6, 6.07) is 33.2. The van der Waals surface area contributed by atoms with Crippen LogP contribution in [0.25, 0.3) is 75.4 Å². The Morgan fingerprint density at radius 3 is 1.50 bits per heavy atom. The van der Waals surface area contributed by atoms with Crippen LogP contribution in [-0.4, -0.2) is 0 Å². The van der Waals surface area contributed by atoms with Gasteiger partial charge in [-0.3, -0.25) is 0 Å². The summed E-state index contributed by atoms with van der Waals surface area (Å²) in [5.74, 6) is 1.25. The summed E-state index contributed by atoms with van der Waals surface area (Å²) in [5.41, 5.74) is 3.36. The van der Waals surface area contributed by atoms with Crippen LogP contribution >= 0.6 is 0 Å². The van der Waals surface area contributed by atoms with Crippen molar-refractivity contribution >= 4 is 75.4 Å². The predicted molar refractivity (Wildman–Crippen MR) is 183 cm³/mol. The van der Waals surface area contributed by atoms with E-state index in [4.69, 9.17) is 0 Å². The third-order valence-electron chi connectivity index (χ3n) is 11.5. The third-order valence-corrected chi connectivity index (χ3v) is 11.5. The number of benzene rings is 6. The minimum atomic E-state index is 0.626. The number of hydrogen-bond donors (Lipinski definition) is 0. The molecule has 0 unspecified atom stereocenters. The first-order valence-corrected chi connectivity index (χ1v) is 16.6. The largest absolute Gasteiger partial charge is 0.0616 e. The first-order chi connectivity index (χ1) is 20.9. The van der Waals surface area contributed by atoms with E-state index >= 15 is 0 Å². The molecule has 0 N–H and O–H groups in total. The first-order valence-electron chi connectivity index (χ1n) is 16.6. The van der Waals surface area contributed by atoms with Gasteiger partial charge in [-0.15, -0.1) is 0 Å². The van der Waals surface area contributed by atoms with E-state index < -0.39 is 0 Å². The Morgan fingerprint density at radius 2 is 0.833 bits per heavy atom. The summed E-state index contributed by atoms with van der Waals surface area (Å²) in [6.07, 6.45) is 13.5. The SMILES string of the molecule is c1ccc2c(c1)c1cccc3c4c(C5CCCCC5)c5c6cccc7cccc(c5c(C5CCCCC5)c4cc2c13)c76. The van der Waals surface area contributed by atoms with E-state index in [1.54, 1.807) is 32.7 Å². The zero-order valence-electron chi connectivity index (χ0n) is 24.3. The Labute approximate surface area is 247 Å². The van der Waals surface area contributed by atoms with Crippen molar-refractivity contribution in [3.8, 4) is 0 Å². The van der Waals surface area contributed by atoms with Gasteiger partial charge in [0.2, 0.25) is 0 Å². The van der Waals surface area contributed by atoms with Crippen LogP contribution in [0.15, 0.2) is 84.9 Å². The summed E-state index contributed by atoms with van der Waals surface area (Å²) in [4.78, 5) is 0. The van der Waals surface area contributed by atoms with Crippen molar-refractivity contribution in [1.82, 2.24) is 0 Å². The van der Waals surface area contributed by atoms with E-state index in [0.717, 1.165) is 0 Å². The van der Waals surface area contributed by atoms with Gasteiger partial charge in [0.25, 0.3) is 0 Å². The van der Waals surface area contributed by atoms with E-state index in [2.05, 4.69) is 84.9 Å². The molecule has 8 aromatic rings. The van der Waals surface area contributed by atoms with Gasteiger partial charge in [0.1, 0.15) is 0 Å². The molecule has 0 heteroatoms. The van der Waals surface area contributed by atoms with Gasteiger partial charge in [-0.05, 0) is 130 Å². The first kappa shape index (κ1) is 23.6. The molecule has 204 valence electrons. The fraction of sp³-hybridized carbons (Fsp3) is 0.286. The molecule has 8 aromatic carbocycles. The molecule has 0 aliphatic heterocycles. The molecular formula is C42H36. The smallest absolute Gasteiger partial charge is 0.00198 e. The maximum Gasteiger partial charge on any atom is -0.00198 e. The molecule has 0 nitrogen and oxygen atoms in total. The van der Waals surface area contributed by atoms with E-state index in [1.807, 2.05) is 0 Å². The van der Waals surface area contributed by atoms with Crippen molar-refractivity contribution < 1.29 is 0 Å². The molecule has 0 saturated heterocycles. The van der Waals surface area contributed by atoms with Crippen molar-refractivity contribution in [2.24, 2.45) is 0 Å². The van der Waals surface area contributed by atoms with Crippen LogP contribution in [0.5, 0.6) is 0 Å². The molecule has 2 aliphatic rings. The second kappa shape index (κ2) is 8.81. The summed E-state index contributed by atoms with van der Waals surface area (Å²) < 4.78 is 0. The lowest BCUT2D eigenvalue weighted by molar-refractivity contribution is 0.445. The quantitative estimate of drug-likeness (QED) is 0.191. The molecule has 2 fully saturated rings. The highest BCUT2D eigenvalue weighted by atomic mass is 14.3. The van der Waals surface area contributed by atoms with Gasteiger partial charge in [-0.25, -0.2) is 0 Å². The Balaban J connectivity index is 1.53. The highest BCUT2D eigenvalue weighted by molar-refractivity contribution is 6.39. The summed E-state index contributed by atoms with van der Waals surface area (Å²) >= 11 is 0. The lowest BCUT2D eigenvalue weighted by Gasteiger charge is -2.30. The molecule has 0 radical (unpaired) electrons. The molecule has 0 atom stereocenters. The maximum absolute atomic E-state index is 2.67. The lowest BCUT2D eigenvalue weighted by Crippen LogP contribution is -2.10. The second-order valence-corrected chi connectivity index (χ2v) is 13.6. The molecule has 0 heterocycles. The zero-order valence-corrected chi connectivity index (χ0v) is 24.3. The maximum atomic E-state index is 2.67. The van der Waals surface area contributed by atoms with Crippen LogP contribution in [0.2, 0.25) is 0 Å². The molecule has 2 aliphatic carbocycles. The van der Waals surface area contributed by atoms with Crippen LogP contribution in [0.4, 0.5) is 0 Å². The molecule has 2 saturated carbocycles. The Morgan fingerprint density at radius 1 is 0.333 bits per heavy atom. The van der Waals surface area contributed by atoms with E-state index in [1.165, 1.54) is 118 Å². The molecular weight excluding hydrogens is 504 g/mol. The molecule has 42 heavy (non-hydrogen) atoms. The number of hydrogen-bond acceptors (Lipinski definition) is 0. The van der Waals surface area contributed by atoms with Crippen LogP contribution in [0, 0.1) is 0 Å². The summed E-state index contributed by atoms with van der Waals surface area (Å²) in [7, 11) is 0. The minimum Gasteiger partial charge on any atom is -0.0616 e. The Kier molecular flexibility index (Phi) is 4.96. The minimum absolute atomic E-state index is 0.626. The normalized spacial score (nSPS) is 17.8. The van der Waals surface area contributed by atoms with Crippen molar-refractivity contribution in [2.75, 3.05) is 0 Å². The van der Waals surface area contributed by atoms with E-state index in [-0.39, 0.29) is 0 Å². The number of rotatable bonds is 2. The second-order valence-electron chi connectivity index (χ2n) is 13.6. The monoisotopic (exact) mass is 540 g/mol. The third kappa shape index (κ3) is 3.03. The summed E-state index contributed by atoms with van der Waals surface area (Å²) in [5, 5.41) is 21.0. The van der Waals surface area contributed by atoms with Crippen LogP contribution in [0.3, 0.4) is 0 Å². The van der Waals surface area contributed by atoms with Gasteiger partial charge in [-0.1, -0.05) is 117 Å². The van der Waals surface area contributed by atoms with Crippen molar-refractivity contribution in [2.45, 2.75) is 76.0 Å². The van der Waals surface area contributed by atoms with Gasteiger partial charge < -0.3 is 0 Å². The van der Waals surface area contributed by atoms with Gasteiger partial charge >= 0.3 is 0 Å². The molecule has 0 amide bonds. The van der Waals surface area contributed by atoms with Crippen LogP contribution in [-0.2, 0) is 0 Å². The predicted octanol–water partition coefficient (Wildman–Crippen LogP) is 12.7. The van der Waals surface area contributed by atoms with Crippen molar-refractivity contribution in [3.63, 3.8) is 0 Å². The highest BCUT2D eigenvalue weighted by Crippen LogP contribution is 2.55. The van der Waals surface area contributed by atoms with Gasteiger partial charge in [-0.2, -0.15) is 0 Å². The fourth-order valence-corrected chi connectivity index (χ4v) is 9.84. The van der Waals surface area contributed by atoms with Crippen molar-refractivity contribution in [1.29, 1.82) is 0 Å². The standard InChI is InChI=1S/C42H36/c1-3-12-26(13-4-1)37-35-24-34-29-19-8-7-18-28(29)30-20-11-23-33(39(30)34)40(35)38(27-14-5-2-6-15-27)42-32-22-10-17-25-16-9-21-31(36(25)32)41(37)42/h7-11,16-24,26-27H,1-6,12-15H2. The topological polar surface area (TPSA) is 0 Å².